The van der Waals surface area contributed by atoms with E-state index in [0.29, 0.717) is 10.5 Å². The standard InChI is InChI=1S/C17H13F4N3O4/c18-11-5-3-10(4-6-11)7-8-24-14(26)16(17(19,20)21,23-15(24)27)22-13(25)12-2-1-9-28-12/h1-6,9H,7-8H2,(H,22,25)(H,23,27)/t16-/m1/s1. The largest absolute Gasteiger partial charge is 0.459 e. The van der Waals surface area contributed by atoms with Crippen molar-refractivity contribution in [2.45, 2.75) is 18.3 Å². The van der Waals surface area contributed by atoms with Crippen LogP contribution in [0.5, 0.6) is 0 Å². The van der Waals surface area contributed by atoms with Crippen molar-refractivity contribution < 1.29 is 36.4 Å². The Labute approximate surface area is 155 Å². The van der Waals surface area contributed by atoms with E-state index in [1.807, 2.05) is 0 Å². The Morgan fingerprint density at radius 2 is 1.86 bits per heavy atom. The van der Waals surface area contributed by atoms with Crippen molar-refractivity contribution in [2.24, 2.45) is 0 Å². The fraction of sp³-hybridized carbons (Fsp3) is 0.235. The topological polar surface area (TPSA) is 91.7 Å². The van der Waals surface area contributed by atoms with E-state index in [1.54, 1.807) is 0 Å². The van der Waals surface area contributed by atoms with Crippen molar-refractivity contribution in [3.05, 3.63) is 59.8 Å². The molecule has 1 atom stereocenters. The van der Waals surface area contributed by atoms with Crippen LogP contribution in [0.1, 0.15) is 16.1 Å². The smallest absolute Gasteiger partial charge is 0.440 e. The van der Waals surface area contributed by atoms with Gasteiger partial charge in [0.2, 0.25) is 0 Å². The first-order valence-electron chi connectivity index (χ1n) is 7.95. The van der Waals surface area contributed by atoms with E-state index in [-0.39, 0.29) is 6.42 Å². The Morgan fingerprint density at radius 1 is 1.18 bits per heavy atom. The summed E-state index contributed by atoms with van der Waals surface area (Å²) in [6, 6.07) is 6.11. The lowest BCUT2D eigenvalue weighted by molar-refractivity contribution is -0.200. The molecule has 0 aliphatic carbocycles. The summed E-state index contributed by atoms with van der Waals surface area (Å²) in [7, 11) is 0. The molecule has 2 aromatic rings. The number of nitrogens with one attached hydrogen (secondary N) is 2. The minimum atomic E-state index is -5.31. The Kier molecular flexibility index (Phi) is 4.84. The molecule has 1 aliphatic heterocycles. The predicted molar refractivity (Wildman–Crippen MR) is 85.3 cm³/mol. The normalized spacial score (nSPS) is 19.6. The molecule has 1 aliphatic rings. The third-order valence-electron chi connectivity index (χ3n) is 4.11. The second-order valence-electron chi connectivity index (χ2n) is 5.94. The van der Waals surface area contributed by atoms with E-state index >= 15 is 0 Å². The zero-order valence-electron chi connectivity index (χ0n) is 14.0. The number of amides is 4. The van der Waals surface area contributed by atoms with E-state index in [2.05, 4.69) is 0 Å². The van der Waals surface area contributed by atoms with Crippen LogP contribution >= 0.6 is 0 Å². The van der Waals surface area contributed by atoms with Crippen LogP contribution in [-0.4, -0.2) is 41.1 Å². The average molecular weight is 399 g/mol. The van der Waals surface area contributed by atoms with E-state index < -0.39 is 47.8 Å². The van der Waals surface area contributed by atoms with Crippen molar-refractivity contribution in [1.82, 2.24) is 15.5 Å². The van der Waals surface area contributed by atoms with Gasteiger partial charge in [0, 0.05) is 6.54 Å². The van der Waals surface area contributed by atoms with E-state index in [4.69, 9.17) is 4.42 Å². The van der Waals surface area contributed by atoms with Gasteiger partial charge >= 0.3 is 12.2 Å². The molecule has 2 heterocycles. The van der Waals surface area contributed by atoms with Crippen molar-refractivity contribution in [1.29, 1.82) is 0 Å². The highest BCUT2D eigenvalue weighted by molar-refractivity contribution is 6.10. The second-order valence-corrected chi connectivity index (χ2v) is 5.94. The summed E-state index contributed by atoms with van der Waals surface area (Å²) in [5, 5.41) is 3.04. The van der Waals surface area contributed by atoms with Crippen molar-refractivity contribution in [3.8, 4) is 0 Å². The monoisotopic (exact) mass is 399 g/mol. The SMILES string of the molecule is O=C(N[C@@]1(C(F)(F)F)NC(=O)N(CCc2ccc(F)cc2)C1=O)c1ccco1. The Bertz CT molecular complexity index is 896. The average Bonchev–Trinajstić information content (AvgIpc) is 3.23. The number of halogens is 4. The number of benzene rings is 1. The lowest BCUT2D eigenvalue weighted by atomic mass is 10.1. The van der Waals surface area contributed by atoms with E-state index in [1.165, 1.54) is 28.8 Å². The van der Waals surface area contributed by atoms with Gasteiger partial charge in [-0.2, -0.15) is 13.2 Å². The van der Waals surface area contributed by atoms with Crippen molar-refractivity contribution in [3.63, 3.8) is 0 Å². The third kappa shape index (κ3) is 3.42. The van der Waals surface area contributed by atoms with Gasteiger partial charge in [0.05, 0.1) is 6.26 Å². The Balaban J connectivity index is 1.81. The number of hydrogen-bond acceptors (Lipinski definition) is 4. The molecule has 11 heteroatoms. The van der Waals surface area contributed by atoms with E-state index in [0.717, 1.165) is 24.5 Å². The van der Waals surface area contributed by atoms with Crippen LogP contribution in [0.3, 0.4) is 0 Å². The number of carbonyl (C=O) groups is 3. The molecule has 0 radical (unpaired) electrons. The Hall–Kier alpha value is -3.37. The van der Waals surface area contributed by atoms with Crippen LogP contribution in [0.4, 0.5) is 22.4 Å². The number of urea groups is 1. The number of rotatable bonds is 5. The lowest BCUT2D eigenvalue weighted by Gasteiger charge is -2.29. The quantitative estimate of drug-likeness (QED) is 0.596. The number of alkyl halides is 3. The van der Waals surface area contributed by atoms with Gasteiger partial charge in [0.15, 0.2) is 5.76 Å². The maximum Gasteiger partial charge on any atom is 0.440 e. The van der Waals surface area contributed by atoms with Crippen molar-refractivity contribution >= 4 is 17.8 Å². The summed E-state index contributed by atoms with van der Waals surface area (Å²) in [5.41, 5.74) is -3.11. The molecule has 148 valence electrons. The molecule has 0 bridgehead atoms. The summed E-state index contributed by atoms with van der Waals surface area (Å²) in [5.74, 6) is -3.96. The predicted octanol–water partition coefficient (Wildman–Crippen LogP) is 2.20. The molecule has 1 saturated heterocycles. The maximum atomic E-state index is 13.7. The molecule has 28 heavy (non-hydrogen) atoms. The highest BCUT2D eigenvalue weighted by Gasteiger charge is 2.68. The van der Waals surface area contributed by atoms with Gasteiger partial charge in [-0.05, 0) is 36.2 Å². The van der Waals surface area contributed by atoms with Gasteiger partial charge in [0.1, 0.15) is 5.82 Å². The minimum absolute atomic E-state index is 0.000489. The van der Waals surface area contributed by atoms with Crippen LogP contribution in [0.15, 0.2) is 47.1 Å². The van der Waals surface area contributed by atoms with Gasteiger partial charge in [-0.25, -0.2) is 9.18 Å². The molecule has 3 rings (SSSR count). The summed E-state index contributed by atoms with van der Waals surface area (Å²) in [4.78, 5) is 36.9. The molecule has 2 N–H and O–H groups in total. The summed E-state index contributed by atoms with van der Waals surface area (Å²) < 4.78 is 58.7. The zero-order valence-corrected chi connectivity index (χ0v) is 14.0. The van der Waals surface area contributed by atoms with Crippen molar-refractivity contribution in [2.75, 3.05) is 6.54 Å². The molecule has 4 amide bonds. The van der Waals surface area contributed by atoms with Crippen LogP contribution in [0, 0.1) is 5.82 Å². The molecule has 7 nitrogen and oxygen atoms in total. The fourth-order valence-electron chi connectivity index (χ4n) is 2.66. The second kappa shape index (κ2) is 6.98. The minimum Gasteiger partial charge on any atom is -0.459 e. The van der Waals surface area contributed by atoms with Crippen LogP contribution in [-0.2, 0) is 11.2 Å². The zero-order chi connectivity index (χ0) is 20.5. The van der Waals surface area contributed by atoms with Crippen LogP contribution in [0.25, 0.3) is 0 Å². The molecule has 0 unspecified atom stereocenters. The number of imide groups is 1. The van der Waals surface area contributed by atoms with Crippen LogP contribution in [0.2, 0.25) is 0 Å². The van der Waals surface area contributed by atoms with Gasteiger partial charge in [-0.15, -0.1) is 0 Å². The van der Waals surface area contributed by atoms with Gasteiger partial charge in [-0.3, -0.25) is 19.8 Å². The first-order chi connectivity index (χ1) is 13.1. The van der Waals surface area contributed by atoms with Gasteiger partial charge < -0.3 is 9.73 Å². The fourth-order valence-corrected chi connectivity index (χ4v) is 2.66. The highest BCUT2D eigenvalue weighted by atomic mass is 19.4. The van der Waals surface area contributed by atoms with Crippen LogP contribution < -0.4 is 10.6 Å². The van der Waals surface area contributed by atoms with Gasteiger partial charge in [0.25, 0.3) is 17.5 Å². The van der Waals surface area contributed by atoms with E-state index in [9.17, 15) is 31.9 Å². The molecular formula is C17H13F4N3O4. The molecule has 1 aromatic carbocycles. The number of nitrogens with zero attached hydrogens (tertiary/aromatic N) is 1. The summed E-state index contributed by atoms with van der Waals surface area (Å²) in [6.07, 6.45) is -4.24. The number of furan rings is 1. The van der Waals surface area contributed by atoms with Gasteiger partial charge in [-0.1, -0.05) is 12.1 Å². The Morgan fingerprint density at radius 3 is 2.43 bits per heavy atom. The number of carbonyl (C=O) groups excluding carboxylic acids is 3. The summed E-state index contributed by atoms with van der Waals surface area (Å²) in [6.45, 7) is -0.398. The molecule has 1 fully saturated rings. The molecule has 0 saturated carbocycles. The number of hydrogen-bond donors (Lipinski definition) is 2. The molecule has 0 spiro atoms. The maximum absolute atomic E-state index is 13.7. The molecular weight excluding hydrogens is 386 g/mol. The third-order valence-corrected chi connectivity index (χ3v) is 4.11. The summed E-state index contributed by atoms with van der Waals surface area (Å²) >= 11 is 0. The first-order valence-corrected chi connectivity index (χ1v) is 7.95. The highest BCUT2D eigenvalue weighted by Crippen LogP contribution is 2.34. The molecule has 1 aromatic heterocycles. The first kappa shape index (κ1) is 19.4. The lowest BCUT2D eigenvalue weighted by Crippen LogP contribution is -2.69.